The molecule has 1 aromatic carbocycles. The number of carbonyl (C=O) groups is 1. The van der Waals surface area contributed by atoms with E-state index in [2.05, 4.69) is 15.4 Å². The highest BCUT2D eigenvalue weighted by atomic mass is 16.4. The minimum absolute atomic E-state index is 0.224. The van der Waals surface area contributed by atoms with Crippen molar-refractivity contribution in [1.29, 1.82) is 0 Å². The first-order valence-electron chi connectivity index (χ1n) is 6.23. The van der Waals surface area contributed by atoms with E-state index in [0.29, 0.717) is 22.4 Å². The van der Waals surface area contributed by atoms with Crippen LogP contribution >= 0.6 is 0 Å². The van der Waals surface area contributed by atoms with Gasteiger partial charge in [0.25, 0.3) is 5.91 Å². The molecule has 0 fully saturated rings. The molecule has 3 aromatic rings. The zero-order valence-corrected chi connectivity index (χ0v) is 11.2. The molecule has 0 aliphatic carbocycles. The van der Waals surface area contributed by atoms with Gasteiger partial charge in [-0.1, -0.05) is 12.1 Å². The third kappa shape index (κ3) is 2.38. The number of fused-ring (bicyclic) bond motifs is 1. The van der Waals surface area contributed by atoms with Crippen LogP contribution in [-0.2, 0) is 13.6 Å². The van der Waals surface area contributed by atoms with Crippen molar-refractivity contribution in [1.82, 2.24) is 20.1 Å². The van der Waals surface area contributed by atoms with Gasteiger partial charge in [0.15, 0.2) is 5.58 Å². The van der Waals surface area contributed by atoms with Gasteiger partial charge in [-0.3, -0.25) is 14.5 Å². The highest BCUT2D eigenvalue weighted by Crippen LogP contribution is 2.15. The van der Waals surface area contributed by atoms with Crippen molar-refractivity contribution < 1.29 is 9.21 Å². The molecule has 1 amide bonds. The van der Waals surface area contributed by atoms with E-state index < -0.39 is 5.76 Å². The van der Waals surface area contributed by atoms with Crippen molar-refractivity contribution in [3.63, 3.8) is 0 Å². The number of H-pyrrole nitrogens is 1. The Morgan fingerprint density at radius 1 is 1.52 bits per heavy atom. The lowest BCUT2D eigenvalue weighted by Gasteiger charge is -2.05. The van der Waals surface area contributed by atoms with Gasteiger partial charge in [0.1, 0.15) is 11.5 Å². The third-order valence-electron chi connectivity index (χ3n) is 3.10. The van der Waals surface area contributed by atoms with E-state index in [-0.39, 0.29) is 18.3 Å². The molecule has 0 radical (unpaired) electrons. The minimum Gasteiger partial charge on any atom is -0.407 e. The number of benzene rings is 1. The molecule has 0 aliphatic rings. The summed E-state index contributed by atoms with van der Waals surface area (Å²) in [4.78, 5) is 25.8. The maximum atomic E-state index is 12.1. The summed E-state index contributed by atoms with van der Waals surface area (Å²) in [6.45, 7) is 0.224. The van der Waals surface area contributed by atoms with Gasteiger partial charge in [-0.05, 0) is 6.07 Å². The minimum atomic E-state index is -0.525. The van der Waals surface area contributed by atoms with Crippen LogP contribution in [-0.4, -0.2) is 20.7 Å². The normalized spacial score (nSPS) is 10.9. The van der Waals surface area contributed by atoms with Crippen molar-refractivity contribution in [3.8, 4) is 0 Å². The van der Waals surface area contributed by atoms with Crippen LogP contribution in [0, 0.1) is 0 Å². The summed E-state index contributed by atoms with van der Waals surface area (Å²) in [6.07, 6.45) is 0. The van der Waals surface area contributed by atoms with Crippen LogP contribution in [0.4, 0.5) is 5.82 Å². The average Bonchev–Trinajstić information content (AvgIpc) is 2.97. The topological polar surface area (TPSA) is 119 Å². The summed E-state index contributed by atoms with van der Waals surface area (Å²) in [5.41, 5.74) is 7.63. The fourth-order valence-electron chi connectivity index (χ4n) is 2.14. The number of hydrogen-bond acceptors (Lipinski definition) is 5. The molecule has 108 valence electrons. The Kier molecular flexibility index (Phi) is 2.98. The number of aromatic nitrogens is 3. The molecule has 0 atom stereocenters. The second-order valence-corrected chi connectivity index (χ2v) is 4.57. The maximum absolute atomic E-state index is 12.1. The van der Waals surface area contributed by atoms with Crippen LogP contribution in [0.15, 0.2) is 33.5 Å². The standard InChI is InChI=1S/C13H13N5O3/c1-18-9(5-10(14)17-18)12(19)15-6-7-3-2-4-8-11(7)21-13(20)16-8/h2-5H,6H2,1H3,(H2,14,17)(H,15,19)(H,16,20). The molecule has 0 unspecified atom stereocenters. The van der Waals surface area contributed by atoms with Gasteiger partial charge in [-0.2, -0.15) is 5.10 Å². The molecule has 0 spiro atoms. The summed E-state index contributed by atoms with van der Waals surface area (Å²) in [5.74, 6) is -0.554. The predicted octanol–water partition coefficient (Wildman–Crippen LogP) is 0.367. The van der Waals surface area contributed by atoms with E-state index in [4.69, 9.17) is 10.2 Å². The summed E-state index contributed by atoms with van der Waals surface area (Å²) in [7, 11) is 1.64. The molecule has 2 heterocycles. The Morgan fingerprint density at radius 2 is 2.33 bits per heavy atom. The number of hydrogen-bond donors (Lipinski definition) is 3. The monoisotopic (exact) mass is 287 g/mol. The number of aryl methyl sites for hydroxylation is 1. The molecule has 0 aliphatic heterocycles. The number of nitrogen functional groups attached to an aromatic ring is 1. The fourth-order valence-corrected chi connectivity index (χ4v) is 2.14. The first-order chi connectivity index (χ1) is 10.0. The van der Waals surface area contributed by atoms with Gasteiger partial charge in [-0.25, -0.2) is 4.79 Å². The second-order valence-electron chi connectivity index (χ2n) is 4.57. The highest BCUT2D eigenvalue weighted by molar-refractivity contribution is 5.93. The molecule has 3 rings (SSSR count). The summed E-state index contributed by atoms with van der Waals surface area (Å²) >= 11 is 0. The van der Waals surface area contributed by atoms with Gasteiger partial charge in [0.2, 0.25) is 0 Å². The second kappa shape index (κ2) is 4.82. The van der Waals surface area contributed by atoms with Crippen LogP contribution in [0.25, 0.3) is 11.1 Å². The largest absolute Gasteiger partial charge is 0.417 e. The Bertz CT molecular complexity index is 873. The lowest BCUT2D eigenvalue weighted by Crippen LogP contribution is -2.25. The Morgan fingerprint density at radius 3 is 3.05 bits per heavy atom. The number of aromatic amines is 1. The highest BCUT2D eigenvalue weighted by Gasteiger charge is 2.13. The quantitative estimate of drug-likeness (QED) is 0.643. The first kappa shape index (κ1) is 13.0. The van der Waals surface area contributed by atoms with E-state index in [9.17, 15) is 9.59 Å². The van der Waals surface area contributed by atoms with E-state index >= 15 is 0 Å². The van der Waals surface area contributed by atoms with Crippen molar-refractivity contribution in [2.45, 2.75) is 6.54 Å². The number of anilines is 1. The number of nitrogens with zero attached hydrogens (tertiary/aromatic N) is 2. The smallest absolute Gasteiger partial charge is 0.407 e. The number of para-hydroxylation sites is 1. The number of amides is 1. The molecule has 0 saturated heterocycles. The Hall–Kier alpha value is -3.03. The summed E-state index contributed by atoms with van der Waals surface area (Å²) in [6, 6.07) is 6.77. The molecule has 8 nitrogen and oxygen atoms in total. The molecule has 0 bridgehead atoms. The fraction of sp³-hybridized carbons (Fsp3) is 0.154. The van der Waals surface area contributed by atoms with Crippen molar-refractivity contribution >= 4 is 22.8 Å². The summed E-state index contributed by atoms with van der Waals surface area (Å²) in [5, 5.41) is 6.65. The first-order valence-corrected chi connectivity index (χ1v) is 6.23. The molecular weight excluding hydrogens is 274 g/mol. The zero-order chi connectivity index (χ0) is 15.0. The molecule has 0 saturated carbocycles. The van der Waals surface area contributed by atoms with Crippen LogP contribution < -0.4 is 16.8 Å². The maximum Gasteiger partial charge on any atom is 0.417 e. The number of nitrogens with two attached hydrogens (primary N) is 1. The average molecular weight is 287 g/mol. The van der Waals surface area contributed by atoms with Crippen LogP contribution in [0.3, 0.4) is 0 Å². The van der Waals surface area contributed by atoms with E-state index in [1.165, 1.54) is 10.7 Å². The zero-order valence-electron chi connectivity index (χ0n) is 11.2. The van der Waals surface area contributed by atoms with Crippen LogP contribution in [0.2, 0.25) is 0 Å². The number of oxazole rings is 1. The van der Waals surface area contributed by atoms with Gasteiger partial charge in [-0.15, -0.1) is 0 Å². The predicted molar refractivity (Wildman–Crippen MR) is 75.6 cm³/mol. The van der Waals surface area contributed by atoms with Gasteiger partial charge < -0.3 is 15.5 Å². The lowest BCUT2D eigenvalue weighted by atomic mass is 10.2. The molecule has 4 N–H and O–H groups in total. The lowest BCUT2D eigenvalue weighted by molar-refractivity contribution is 0.0941. The molecular formula is C13H13N5O3. The van der Waals surface area contributed by atoms with E-state index in [0.717, 1.165) is 0 Å². The molecule has 2 aromatic heterocycles. The van der Waals surface area contributed by atoms with Crippen molar-refractivity contribution in [2.75, 3.05) is 5.73 Å². The number of carbonyl (C=O) groups excluding carboxylic acids is 1. The van der Waals surface area contributed by atoms with Gasteiger partial charge in [0.05, 0.1) is 5.52 Å². The van der Waals surface area contributed by atoms with Crippen LogP contribution in [0.1, 0.15) is 16.1 Å². The molecule has 8 heteroatoms. The Balaban J connectivity index is 1.82. The van der Waals surface area contributed by atoms with Crippen LogP contribution in [0.5, 0.6) is 0 Å². The summed E-state index contributed by atoms with van der Waals surface area (Å²) < 4.78 is 6.47. The SMILES string of the molecule is Cn1nc(N)cc1C(=O)NCc1cccc2[nH]c(=O)oc12. The van der Waals surface area contributed by atoms with E-state index in [1.807, 2.05) is 0 Å². The number of rotatable bonds is 3. The van der Waals surface area contributed by atoms with Gasteiger partial charge in [0, 0.05) is 25.2 Å². The number of nitrogens with one attached hydrogen (secondary N) is 2. The van der Waals surface area contributed by atoms with Gasteiger partial charge >= 0.3 is 5.76 Å². The van der Waals surface area contributed by atoms with E-state index in [1.54, 1.807) is 25.2 Å². The van der Waals surface area contributed by atoms with Crippen molar-refractivity contribution in [3.05, 3.63) is 46.1 Å². The Labute approximate surface area is 118 Å². The third-order valence-corrected chi connectivity index (χ3v) is 3.10. The van der Waals surface area contributed by atoms with Crippen molar-refractivity contribution in [2.24, 2.45) is 7.05 Å². The molecule has 21 heavy (non-hydrogen) atoms.